The summed E-state index contributed by atoms with van der Waals surface area (Å²) in [5, 5.41) is 0. The van der Waals surface area contributed by atoms with Crippen molar-refractivity contribution in [2.75, 3.05) is 0 Å². The van der Waals surface area contributed by atoms with E-state index in [1.807, 2.05) is 0 Å². The molecule has 1 aliphatic carbocycles. The summed E-state index contributed by atoms with van der Waals surface area (Å²) in [6, 6.07) is 6.23. The first-order valence-electron chi connectivity index (χ1n) is 5.70. The molecule has 1 aromatic carbocycles. The maximum Gasteiger partial charge on any atom is 0.393 e. The second kappa shape index (κ2) is 4.58. The molecule has 2 rings (SSSR count). The molecule has 1 saturated carbocycles. The Morgan fingerprint density at radius 3 is 2.56 bits per heavy atom. The van der Waals surface area contributed by atoms with Crippen molar-refractivity contribution in [2.45, 2.75) is 37.4 Å². The van der Waals surface area contributed by atoms with Crippen molar-refractivity contribution in [3.8, 4) is 0 Å². The Kier molecular flexibility index (Phi) is 3.26. The van der Waals surface area contributed by atoms with E-state index in [0.717, 1.165) is 6.42 Å². The lowest BCUT2D eigenvalue weighted by atomic mass is 9.72. The van der Waals surface area contributed by atoms with Crippen molar-refractivity contribution >= 4 is 6.08 Å². The number of aliphatic imine (C=N–C) groups is 1. The highest BCUT2D eigenvalue weighted by molar-refractivity contribution is 5.40. The van der Waals surface area contributed by atoms with Crippen LogP contribution in [0.25, 0.3) is 0 Å². The van der Waals surface area contributed by atoms with Gasteiger partial charge in [-0.3, -0.25) is 0 Å². The largest absolute Gasteiger partial charge is 0.393 e. The predicted molar refractivity (Wildman–Crippen MR) is 59.9 cm³/mol. The summed E-state index contributed by atoms with van der Waals surface area (Å²) in [7, 11) is 0. The van der Waals surface area contributed by atoms with Crippen LogP contribution in [0.2, 0.25) is 0 Å². The van der Waals surface area contributed by atoms with Gasteiger partial charge in [0.15, 0.2) is 0 Å². The van der Waals surface area contributed by atoms with Gasteiger partial charge in [0, 0.05) is 0 Å². The van der Waals surface area contributed by atoms with Gasteiger partial charge in [0.1, 0.15) is 0 Å². The van der Waals surface area contributed by atoms with Gasteiger partial charge in [-0.15, -0.1) is 0 Å². The van der Waals surface area contributed by atoms with Crippen molar-refractivity contribution in [1.29, 1.82) is 0 Å². The van der Waals surface area contributed by atoms with Crippen LogP contribution in [0.15, 0.2) is 29.3 Å². The minimum absolute atomic E-state index is 0.201. The molecule has 0 unspecified atom stereocenters. The van der Waals surface area contributed by atoms with Crippen LogP contribution in [0.4, 0.5) is 13.2 Å². The highest BCUT2D eigenvalue weighted by Crippen LogP contribution is 2.45. The van der Waals surface area contributed by atoms with Gasteiger partial charge in [-0.25, -0.2) is 4.79 Å². The van der Waals surface area contributed by atoms with Crippen LogP contribution in [-0.4, -0.2) is 12.3 Å². The molecule has 0 atom stereocenters. The minimum atomic E-state index is -4.22. The minimum Gasteiger partial charge on any atom is -0.211 e. The molecule has 0 heterocycles. The van der Waals surface area contributed by atoms with Crippen LogP contribution in [0.3, 0.4) is 0 Å². The smallest absolute Gasteiger partial charge is 0.211 e. The van der Waals surface area contributed by atoms with Crippen molar-refractivity contribution in [1.82, 2.24) is 0 Å². The van der Waals surface area contributed by atoms with Gasteiger partial charge in [0.2, 0.25) is 6.08 Å². The quantitative estimate of drug-likeness (QED) is 0.600. The summed E-state index contributed by atoms with van der Waals surface area (Å²) in [4.78, 5) is 14.2. The number of nitrogens with zero attached hydrogens (tertiary/aromatic N) is 1. The number of benzene rings is 1. The third kappa shape index (κ3) is 2.62. The molecular weight excluding hydrogens is 243 g/mol. The number of hydrogen-bond donors (Lipinski definition) is 0. The molecule has 1 fully saturated rings. The summed E-state index contributed by atoms with van der Waals surface area (Å²) in [6.45, 7) is 0. The Labute approximate surface area is 103 Å². The van der Waals surface area contributed by atoms with Gasteiger partial charge in [0.05, 0.1) is 12.0 Å². The standard InChI is InChI=1S/C13H12F3NO/c14-13(15,16)8-10-3-1-4-11(7-10)12(17-9-18)5-2-6-12/h1,3-4,7H,2,5-6,8H2. The lowest BCUT2D eigenvalue weighted by molar-refractivity contribution is -0.127. The normalized spacial score (nSPS) is 17.7. The second-order valence-electron chi connectivity index (χ2n) is 4.58. The van der Waals surface area contributed by atoms with E-state index in [1.165, 1.54) is 18.2 Å². The number of alkyl halides is 3. The highest BCUT2D eigenvalue weighted by atomic mass is 19.4. The van der Waals surface area contributed by atoms with E-state index < -0.39 is 18.1 Å². The Hall–Kier alpha value is -1.61. The van der Waals surface area contributed by atoms with Crippen molar-refractivity contribution in [3.05, 3.63) is 35.4 Å². The molecule has 0 aliphatic heterocycles. The molecule has 0 N–H and O–H groups in total. The zero-order valence-corrected chi connectivity index (χ0v) is 9.63. The molecular formula is C13H12F3NO. The monoisotopic (exact) mass is 255 g/mol. The van der Waals surface area contributed by atoms with Gasteiger partial charge in [-0.05, 0) is 30.4 Å². The maximum atomic E-state index is 12.3. The zero-order valence-electron chi connectivity index (χ0n) is 9.63. The van der Waals surface area contributed by atoms with E-state index in [9.17, 15) is 18.0 Å². The Bertz CT molecular complexity index is 485. The molecule has 0 spiro atoms. The van der Waals surface area contributed by atoms with Crippen LogP contribution in [-0.2, 0) is 16.8 Å². The van der Waals surface area contributed by atoms with Crippen LogP contribution in [0, 0.1) is 0 Å². The Morgan fingerprint density at radius 2 is 2.06 bits per heavy atom. The summed E-state index contributed by atoms with van der Waals surface area (Å²) < 4.78 is 37.0. The molecule has 2 nitrogen and oxygen atoms in total. The fourth-order valence-electron chi connectivity index (χ4n) is 2.27. The third-order valence-corrected chi connectivity index (χ3v) is 3.31. The van der Waals surface area contributed by atoms with E-state index in [2.05, 4.69) is 4.99 Å². The first-order chi connectivity index (χ1) is 8.45. The Morgan fingerprint density at radius 1 is 1.33 bits per heavy atom. The van der Waals surface area contributed by atoms with E-state index in [1.54, 1.807) is 12.1 Å². The summed E-state index contributed by atoms with van der Waals surface area (Å²) in [6.07, 6.45) is -1.34. The predicted octanol–water partition coefficient (Wildman–Crippen LogP) is 3.51. The second-order valence-corrected chi connectivity index (χ2v) is 4.58. The van der Waals surface area contributed by atoms with Gasteiger partial charge >= 0.3 is 6.18 Å². The number of isocyanates is 1. The van der Waals surface area contributed by atoms with E-state index >= 15 is 0 Å². The van der Waals surface area contributed by atoms with Crippen LogP contribution in [0.1, 0.15) is 30.4 Å². The van der Waals surface area contributed by atoms with Crippen molar-refractivity contribution in [2.24, 2.45) is 4.99 Å². The van der Waals surface area contributed by atoms with E-state index in [-0.39, 0.29) is 5.56 Å². The molecule has 18 heavy (non-hydrogen) atoms. The van der Waals surface area contributed by atoms with Gasteiger partial charge in [0.25, 0.3) is 0 Å². The molecule has 0 radical (unpaired) electrons. The average Bonchev–Trinajstić information content (AvgIpc) is 2.21. The molecule has 0 saturated heterocycles. The SMILES string of the molecule is O=C=NC1(c2cccc(CC(F)(F)F)c2)CCC1. The summed E-state index contributed by atoms with van der Waals surface area (Å²) >= 11 is 0. The van der Waals surface area contributed by atoms with Crippen LogP contribution in [0.5, 0.6) is 0 Å². The summed E-state index contributed by atoms with van der Waals surface area (Å²) in [5.41, 5.74) is 0.245. The molecule has 0 bridgehead atoms. The highest BCUT2D eigenvalue weighted by Gasteiger charge is 2.39. The van der Waals surface area contributed by atoms with Crippen LogP contribution >= 0.6 is 0 Å². The maximum absolute atomic E-state index is 12.3. The average molecular weight is 255 g/mol. The summed E-state index contributed by atoms with van der Waals surface area (Å²) in [5.74, 6) is 0. The fourth-order valence-corrected chi connectivity index (χ4v) is 2.27. The topological polar surface area (TPSA) is 29.4 Å². The first-order valence-corrected chi connectivity index (χ1v) is 5.70. The number of carbonyl (C=O) groups excluding carboxylic acids is 1. The van der Waals surface area contributed by atoms with Crippen molar-refractivity contribution < 1.29 is 18.0 Å². The van der Waals surface area contributed by atoms with Gasteiger partial charge in [-0.2, -0.15) is 18.2 Å². The number of halogens is 3. The lowest BCUT2D eigenvalue weighted by Crippen LogP contribution is -2.32. The molecule has 0 amide bonds. The number of hydrogen-bond acceptors (Lipinski definition) is 2. The third-order valence-electron chi connectivity index (χ3n) is 3.31. The lowest BCUT2D eigenvalue weighted by Gasteiger charge is -2.37. The van der Waals surface area contributed by atoms with Crippen LogP contribution < -0.4 is 0 Å². The number of rotatable bonds is 3. The first kappa shape index (κ1) is 12.8. The fraction of sp³-hybridized carbons (Fsp3) is 0.462. The van der Waals surface area contributed by atoms with Crippen molar-refractivity contribution in [3.63, 3.8) is 0 Å². The van der Waals surface area contributed by atoms with Gasteiger partial charge in [-0.1, -0.05) is 24.3 Å². The zero-order chi connectivity index (χ0) is 13.2. The van der Waals surface area contributed by atoms with Gasteiger partial charge < -0.3 is 0 Å². The molecule has 0 aromatic heterocycles. The molecule has 1 aliphatic rings. The van der Waals surface area contributed by atoms with E-state index in [4.69, 9.17) is 0 Å². The Balaban J connectivity index is 2.29. The molecule has 1 aromatic rings. The molecule has 5 heteroatoms. The molecule has 96 valence electrons. The van der Waals surface area contributed by atoms with E-state index in [0.29, 0.717) is 18.4 Å².